The summed E-state index contributed by atoms with van der Waals surface area (Å²) in [5, 5.41) is 0. The molecule has 0 aromatic heterocycles. The summed E-state index contributed by atoms with van der Waals surface area (Å²) in [6.07, 6.45) is 0. The van der Waals surface area contributed by atoms with E-state index in [0.717, 1.165) is 49.8 Å². The predicted octanol–water partition coefficient (Wildman–Crippen LogP) is 1.34. The lowest BCUT2D eigenvalue weighted by Gasteiger charge is -2.32. The van der Waals surface area contributed by atoms with Crippen molar-refractivity contribution < 1.29 is 9.47 Å². The summed E-state index contributed by atoms with van der Waals surface area (Å²) >= 11 is 0. The fourth-order valence-electron chi connectivity index (χ4n) is 2.44. The number of benzene rings is 1. The molecule has 0 aliphatic carbocycles. The lowest BCUT2D eigenvalue weighted by atomic mass is 10.1. The fourth-order valence-corrected chi connectivity index (χ4v) is 2.44. The molecule has 0 bridgehead atoms. The number of likely N-dealkylation sites (N-methyl/N-ethyl adjacent to an activating group) is 1. The van der Waals surface area contributed by atoms with Gasteiger partial charge >= 0.3 is 0 Å². The first-order valence-corrected chi connectivity index (χ1v) is 7.57. The van der Waals surface area contributed by atoms with Crippen molar-refractivity contribution in [1.29, 1.82) is 0 Å². The molecule has 1 fully saturated rings. The molecule has 0 saturated carbocycles. The smallest absolute Gasteiger partial charge is 0.161 e. The summed E-state index contributed by atoms with van der Waals surface area (Å²) in [4.78, 5) is 4.79. The van der Waals surface area contributed by atoms with E-state index in [9.17, 15) is 0 Å². The topological polar surface area (TPSA) is 51.0 Å². The normalized spacial score (nSPS) is 18.5. The van der Waals surface area contributed by atoms with Gasteiger partial charge in [-0.3, -0.25) is 4.90 Å². The van der Waals surface area contributed by atoms with Crippen LogP contribution in [0.3, 0.4) is 0 Å². The van der Waals surface area contributed by atoms with Gasteiger partial charge in [-0.05, 0) is 31.7 Å². The van der Waals surface area contributed by atoms with Gasteiger partial charge in [0.2, 0.25) is 0 Å². The molecule has 1 aromatic carbocycles. The average molecular weight is 293 g/mol. The Labute approximate surface area is 127 Å². The molecule has 118 valence electrons. The first-order chi connectivity index (χ1) is 10.1. The highest BCUT2D eigenvalue weighted by Gasteiger charge is 2.14. The largest absolute Gasteiger partial charge is 0.493 e. The van der Waals surface area contributed by atoms with Gasteiger partial charge < -0.3 is 20.1 Å². The maximum absolute atomic E-state index is 5.89. The van der Waals surface area contributed by atoms with Crippen molar-refractivity contribution in [2.24, 2.45) is 5.73 Å². The Morgan fingerprint density at radius 2 is 1.90 bits per heavy atom. The van der Waals surface area contributed by atoms with E-state index in [2.05, 4.69) is 16.8 Å². The second-order valence-corrected chi connectivity index (χ2v) is 5.69. The van der Waals surface area contributed by atoms with Gasteiger partial charge in [0.25, 0.3) is 0 Å². The number of nitrogens with two attached hydrogens (primary N) is 1. The molecule has 21 heavy (non-hydrogen) atoms. The molecule has 1 aromatic rings. The van der Waals surface area contributed by atoms with Gasteiger partial charge in [-0.1, -0.05) is 6.07 Å². The van der Waals surface area contributed by atoms with Crippen molar-refractivity contribution >= 4 is 0 Å². The van der Waals surface area contributed by atoms with Gasteiger partial charge in [0.15, 0.2) is 11.5 Å². The zero-order valence-electron chi connectivity index (χ0n) is 13.3. The third-order valence-corrected chi connectivity index (χ3v) is 3.97. The highest BCUT2D eigenvalue weighted by atomic mass is 16.5. The summed E-state index contributed by atoms with van der Waals surface area (Å²) in [6.45, 7) is 8.08. The van der Waals surface area contributed by atoms with Gasteiger partial charge in [-0.25, -0.2) is 0 Å². The summed E-state index contributed by atoms with van der Waals surface area (Å²) < 4.78 is 11.3. The number of nitrogens with zero attached hydrogens (tertiary/aromatic N) is 2. The van der Waals surface area contributed by atoms with Crippen LogP contribution in [0.5, 0.6) is 11.5 Å². The molecule has 0 spiro atoms. The molecule has 5 nitrogen and oxygen atoms in total. The number of hydrogen-bond acceptors (Lipinski definition) is 5. The molecule has 1 unspecified atom stereocenters. The van der Waals surface area contributed by atoms with Crippen molar-refractivity contribution in [3.8, 4) is 11.5 Å². The molecular formula is C16H27N3O2. The van der Waals surface area contributed by atoms with Crippen LogP contribution in [-0.4, -0.2) is 63.3 Å². The maximum Gasteiger partial charge on any atom is 0.161 e. The van der Waals surface area contributed by atoms with E-state index in [0.29, 0.717) is 6.61 Å². The Kier molecular flexibility index (Phi) is 5.85. The third kappa shape index (κ3) is 4.59. The fraction of sp³-hybridized carbons (Fsp3) is 0.625. The maximum atomic E-state index is 5.89. The summed E-state index contributed by atoms with van der Waals surface area (Å²) in [6, 6.07) is 5.90. The zero-order chi connectivity index (χ0) is 15.2. The Balaban J connectivity index is 1.85. The van der Waals surface area contributed by atoms with Gasteiger partial charge in [0, 0.05) is 38.8 Å². The molecule has 1 saturated heterocycles. The summed E-state index contributed by atoms with van der Waals surface area (Å²) in [7, 11) is 3.83. The van der Waals surface area contributed by atoms with E-state index in [1.807, 2.05) is 25.1 Å². The molecule has 2 rings (SSSR count). The zero-order valence-corrected chi connectivity index (χ0v) is 13.3. The highest BCUT2D eigenvalue weighted by Crippen LogP contribution is 2.29. The van der Waals surface area contributed by atoms with Gasteiger partial charge in [0.05, 0.1) is 7.11 Å². The van der Waals surface area contributed by atoms with E-state index in [4.69, 9.17) is 15.2 Å². The van der Waals surface area contributed by atoms with Crippen molar-refractivity contribution in [3.63, 3.8) is 0 Å². The molecule has 1 atom stereocenters. The van der Waals surface area contributed by atoms with Gasteiger partial charge in [-0.15, -0.1) is 0 Å². The lowest BCUT2D eigenvalue weighted by molar-refractivity contribution is 0.133. The van der Waals surface area contributed by atoms with Gasteiger partial charge in [0.1, 0.15) is 6.61 Å². The number of piperazine rings is 1. The van der Waals surface area contributed by atoms with Crippen LogP contribution in [0.25, 0.3) is 0 Å². The van der Waals surface area contributed by atoms with E-state index < -0.39 is 0 Å². The molecule has 0 radical (unpaired) electrons. The van der Waals surface area contributed by atoms with Crippen LogP contribution in [0.15, 0.2) is 18.2 Å². The minimum Gasteiger partial charge on any atom is -0.493 e. The highest BCUT2D eigenvalue weighted by molar-refractivity contribution is 5.43. The van der Waals surface area contributed by atoms with Crippen LogP contribution >= 0.6 is 0 Å². The minimum atomic E-state index is -0.00158. The van der Waals surface area contributed by atoms with Crippen LogP contribution in [0.2, 0.25) is 0 Å². The second-order valence-electron chi connectivity index (χ2n) is 5.69. The Morgan fingerprint density at radius 1 is 1.19 bits per heavy atom. The van der Waals surface area contributed by atoms with E-state index in [1.54, 1.807) is 7.11 Å². The Bertz CT molecular complexity index is 443. The van der Waals surface area contributed by atoms with E-state index in [-0.39, 0.29) is 6.04 Å². The van der Waals surface area contributed by atoms with Crippen molar-refractivity contribution in [2.45, 2.75) is 13.0 Å². The number of ether oxygens (including phenoxy) is 2. The van der Waals surface area contributed by atoms with Crippen LogP contribution in [0.1, 0.15) is 18.5 Å². The van der Waals surface area contributed by atoms with Crippen molar-refractivity contribution in [2.75, 3.05) is 53.5 Å². The van der Waals surface area contributed by atoms with Crippen LogP contribution in [0.4, 0.5) is 0 Å². The quantitative estimate of drug-likeness (QED) is 0.858. The summed E-state index contributed by atoms with van der Waals surface area (Å²) in [5.74, 6) is 1.54. The van der Waals surface area contributed by atoms with Crippen molar-refractivity contribution in [3.05, 3.63) is 23.8 Å². The van der Waals surface area contributed by atoms with Crippen LogP contribution in [0, 0.1) is 0 Å². The minimum absolute atomic E-state index is 0.00158. The Hall–Kier alpha value is -1.30. The molecule has 0 amide bonds. The predicted molar refractivity (Wildman–Crippen MR) is 85.0 cm³/mol. The molecule has 1 aliphatic rings. The van der Waals surface area contributed by atoms with Crippen LogP contribution in [-0.2, 0) is 0 Å². The van der Waals surface area contributed by atoms with E-state index in [1.165, 1.54) is 0 Å². The van der Waals surface area contributed by atoms with Crippen molar-refractivity contribution in [1.82, 2.24) is 9.80 Å². The van der Waals surface area contributed by atoms with Gasteiger partial charge in [-0.2, -0.15) is 0 Å². The molecule has 5 heteroatoms. The average Bonchev–Trinajstić information content (AvgIpc) is 2.49. The molecular weight excluding hydrogens is 266 g/mol. The first-order valence-electron chi connectivity index (χ1n) is 7.57. The Morgan fingerprint density at radius 3 is 2.52 bits per heavy atom. The number of rotatable bonds is 6. The third-order valence-electron chi connectivity index (χ3n) is 3.97. The standard InChI is InChI=1S/C16H27N3O2/c1-13(17)14-4-5-15(16(12-14)20-3)21-11-10-19-8-6-18(2)7-9-19/h4-5,12-13H,6-11,17H2,1-3H3. The van der Waals surface area contributed by atoms with Crippen LogP contribution < -0.4 is 15.2 Å². The SMILES string of the molecule is COc1cc(C(C)N)ccc1OCCN1CCN(C)CC1. The lowest BCUT2D eigenvalue weighted by Crippen LogP contribution is -2.45. The molecule has 2 N–H and O–H groups in total. The summed E-state index contributed by atoms with van der Waals surface area (Å²) in [5.41, 5.74) is 6.94. The number of methoxy groups -OCH3 is 1. The molecule has 1 heterocycles. The second kappa shape index (κ2) is 7.64. The monoisotopic (exact) mass is 293 g/mol. The first kappa shape index (κ1) is 16.1. The molecule has 1 aliphatic heterocycles. The van der Waals surface area contributed by atoms with E-state index >= 15 is 0 Å². The number of hydrogen-bond donors (Lipinski definition) is 1.